The second-order valence-electron chi connectivity index (χ2n) is 5.17. The molecule has 0 aliphatic rings. The fourth-order valence-corrected chi connectivity index (χ4v) is 1.92. The van der Waals surface area contributed by atoms with Crippen LogP contribution in [-0.2, 0) is 6.54 Å². The zero-order chi connectivity index (χ0) is 14.4. The van der Waals surface area contributed by atoms with Crippen LogP contribution >= 0.6 is 0 Å². The van der Waals surface area contributed by atoms with E-state index in [2.05, 4.69) is 30.9 Å². The van der Waals surface area contributed by atoms with Gasteiger partial charge in [0.25, 0.3) is 0 Å². The number of hydrogen-bond acceptors (Lipinski definition) is 4. The quantitative estimate of drug-likeness (QED) is 0.713. The van der Waals surface area contributed by atoms with Crippen LogP contribution in [0.15, 0.2) is 18.2 Å². The molecule has 0 saturated heterocycles. The summed E-state index contributed by atoms with van der Waals surface area (Å²) in [7, 11) is 6.21. The van der Waals surface area contributed by atoms with Crippen LogP contribution in [0.5, 0.6) is 0 Å². The molecule has 0 spiro atoms. The standard InChI is InChI=1S/C14H24N4O/c1-17(2)7-4-8-18(3)10-12-6-5-11(14(16)19)9-13(12)15/h5-6,9H,4,7-8,10,15H2,1-3H3,(H2,16,19). The van der Waals surface area contributed by atoms with Crippen molar-refractivity contribution in [3.8, 4) is 0 Å². The molecule has 1 aromatic carbocycles. The molecule has 0 aliphatic carbocycles. The molecule has 0 aliphatic heterocycles. The van der Waals surface area contributed by atoms with E-state index >= 15 is 0 Å². The number of carbonyl (C=O) groups excluding carboxylic acids is 1. The number of nitrogens with zero attached hydrogens (tertiary/aromatic N) is 2. The minimum atomic E-state index is -0.447. The van der Waals surface area contributed by atoms with E-state index in [1.165, 1.54) is 0 Å². The molecule has 0 heterocycles. The first kappa shape index (κ1) is 15.5. The number of amides is 1. The van der Waals surface area contributed by atoms with Crippen molar-refractivity contribution in [3.05, 3.63) is 29.3 Å². The molecule has 4 N–H and O–H groups in total. The summed E-state index contributed by atoms with van der Waals surface area (Å²) in [6, 6.07) is 5.24. The van der Waals surface area contributed by atoms with Crippen LogP contribution in [0.2, 0.25) is 0 Å². The summed E-state index contributed by atoms with van der Waals surface area (Å²) >= 11 is 0. The summed E-state index contributed by atoms with van der Waals surface area (Å²) in [6.45, 7) is 2.86. The van der Waals surface area contributed by atoms with Crippen LogP contribution in [0.3, 0.4) is 0 Å². The molecule has 19 heavy (non-hydrogen) atoms. The summed E-state index contributed by atoms with van der Waals surface area (Å²) in [5.74, 6) is -0.447. The Kier molecular flexibility index (Phi) is 5.79. The molecule has 106 valence electrons. The molecular formula is C14H24N4O. The van der Waals surface area contributed by atoms with Crippen molar-refractivity contribution in [1.82, 2.24) is 9.80 Å². The summed E-state index contributed by atoms with van der Waals surface area (Å²) < 4.78 is 0. The van der Waals surface area contributed by atoms with Crippen molar-refractivity contribution in [2.45, 2.75) is 13.0 Å². The maximum absolute atomic E-state index is 11.0. The Morgan fingerprint density at radius 1 is 1.21 bits per heavy atom. The van der Waals surface area contributed by atoms with Crippen molar-refractivity contribution in [2.24, 2.45) is 5.73 Å². The van der Waals surface area contributed by atoms with Gasteiger partial charge in [-0.15, -0.1) is 0 Å². The molecule has 0 aromatic heterocycles. The first-order valence-electron chi connectivity index (χ1n) is 6.41. The van der Waals surface area contributed by atoms with E-state index in [1.807, 2.05) is 6.07 Å². The smallest absolute Gasteiger partial charge is 0.248 e. The highest BCUT2D eigenvalue weighted by Gasteiger charge is 2.07. The van der Waals surface area contributed by atoms with Crippen LogP contribution < -0.4 is 11.5 Å². The van der Waals surface area contributed by atoms with Gasteiger partial charge >= 0.3 is 0 Å². The third-order valence-corrected chi connectivity index (χ3v) is 3.02. The Balaban J connectivity index is 2.54. The van der Waals surface area contributed by atoms with Crippen molar-refractivity contribution < 1.29 is 4.79 Å². The van der Waals surface area contributed by atoms with Gasteiger partial charge in [0.1, 0.15) is 0 Å². The summed E-state index contributed by atoms with van der Waals surface area (Å²) in [6.07, 6.45) is 1.11. The predicted octanol–water partition coefficient (Wildman–Crippen LogP) is 0.751. The molecule has 0 saturated carbocycles. The van der Waals surface area contributed by atoms with Crippen molar-refractivity contribution in [1.29, 1.82) is 0 Å². The monoisotopic (exact) mass is 264 g/mol. The zero-order valence-electron chi connectivity index (χ0n) is 12.0. The Labute approximate surface area is 115 Å². The third-order valence-electron chi connectivity index (χ3n) is 3.02. The molecule has 5 heteroatoms. The normalized spacial score (nSPS) is 11.2. The molecule has 0 atom stereocenters. The van der Waals surface area contributed by atoms with Gasteiger partial charge in [-0.25, -0.2) is 0 Å². The largest absolute Gasteiger partial charge is 0.398 e. The van der Waals surface area contributed by atoms with Gasteiger partial charge in [0.2, 0.25) is 5.91 Å². The maximum Gasteiger partial charge on any atom is 0.248 e. The summed E-state index contributed by atoms with van der Waals surface area (Å²) in [4.78, 5) is 15.4. The van der Waals surface area contributed by atoms with Crippen LogP contribution in [-0.4, -0.2) is 49.9 Å². The maximum atomic E-state index is 11.0. The number of carbonyl (C=O) groups is 1. The molecule has 0 radical (unpaired) electrons. The molecule has 0 fully saturated rings. The lowest BCUT2D eigenvalue weighted by atomic mass is 10.1. The van der Waals surface area contributed by atoms with Gasteiger partial charge in [-0.3, -0.25) is 4.79 Å². The molecule has 0 unspecified atom stereocenters. The third kappa shape index (κ3) is 5.28. The van der Waals surface area contributed by atoms with Gasteiger partial charge < -0.3 is 21.3 Å². The van der Waals surface area contributed by atoms with Crippen molar-refractivity contribution in [3.63, 3.8) is 0 Å². The first-order valence-corrected chi connectivity index (χ1v) is 6.41. The lowest BCUT2D eigenvalue weighted by molar-refractivity contribution is 0.100. The molecule has 5 nitrogen and oxygen atoms in total. The van der Waals surface area contributed by atoms with E-state index in [1.54, 1.807) is 12.1 Å². The van der Waals surface area contributed by atoms with Crippen LogP contribution in [0.1, 0.15) is 22.3 Å². The first-order chi connectivity index (χ1) is 8.90. The minimum Gasteiger partial charge on any atom is -0.398 e. The van der Waals surface area contributed by atoms with Gasteiger partial charge in [0.05, 0.1) is 0 Å². The number of primary amides is 1. The highest BCUT2D eigenvalue weighted by molar-refractivity contribution is 5.93. The van der Waals surface area contributed by atoms with E-state index < -0.39 is 5.91 Å². The second-order valence-corrected chi connectivity index (χ2v) is 5.17. The van der Waals surface area contributed by atoms with Gasteiger partial charge in [0.15, 0.2) is 0 Å². The Morgan fingerprint density at radius 3 is 2.42 bits per heavy atom. The average molecular weight is 264 g/mol. The van der Waals surface area contributed by atoms with Crippen LogP contribution in [0, 0.1) is 0 Å². The van der Waals surface area contributed by atoms with E-state index in [9.17, 15) is 4.79 Å². The molecular weight excluding hydrogens is 240 g/mol. The Morgan fingerprint density at radius 2 is 1.89 bits per heavy atom. The average Bonchev–Trinajstić information content (AvgIpc) is 2.31. The van der Waals surface area contributed by atoms with Crippen molar-refractivity contribution >= 4 is 11.6 Å². The van der Waals surface area contributed by atoms with Crippen molar-refractivity contribution in [2.75, 3.05) is 40.0 Å². The number of nitrogen functional groups attached to an aromatic ring is 1. The fraction of sp³-hybridized carbons (Fsp3) is 0.500. The number of benzene rings is 1. The lowest BCUT2D eigenvalue weighted by Crippen LogP contribution is -2.24. The number of nitrogens with two attached hydrogens (primary N) is 2. The van der Waals surface area contributed by atoms with Gasteiger partial charge in [-0.05, 0) is 58.3 Å². The van der Waals surface area contributed by atoms with Gasteiger partial charge in [0, 0.05) is 17.8 Å². The van der Waals surface area contributed by atoms with Gasteiger partial charge in [-0.1, -0.05) is 6.07 Å². The molecule has 1 aromatic rings. The zero-order valence-corrected chi connectivity index (χ0v) is 12.0. The molecule has 1 amide bonds. The topological polar surface area (TPSA) is 75.6 Å². The number of hydrogen-bond donors (Lipinski definition) is 2. The van der Waals surface area contributed by atoms with E-state index in [-0.39, 0.29) is 0 Å². The molecule has 1 rings (SSSR count). The summed E-state index contributed by atoms with van der Waals surface area (Å²) in [5.41, 5.74) is 13.3. The minimum absolute atomic E-state index is 0.447. The highest BCUT2D eigenvalue weighted by atomic mass is 16.1. The van der Waals surface area contributed by atoms with E-state index in [4.69, 9.17) is 11.5 Å². The Hall–Kier alpha value is -1.59. The van der Waals surface area contributed by atoms with Gasteiger partial charge in [-0.2, -0.15) is 0 Å². The number of anilines is 1. The highest BCUT2D eigenvalue weighted by Crippen LogP contribution is 2.16. The lowest BCUT2D eigenvalue weighted by Gasteiger charge is -2.19. The van der Waals surface area contributed by atoms with Crippen LogP contribution in [0.4, 0.5) is 5.69 Å². The number of rotatable bonds is 7. The van der Waals surface area contributed by atoms with E-state index in [0.29, 0.717) is 11.3 Å². The summed E-state index contributed by atoms with van der Waals surface area (Å²) in [5, 5.41) is 0. The van der Waals surface area contributed by atoms with Crippen LogP contribution in [0.25, 0.3) is 0 Å². The van der Waals surface area contributed by atoms with E-state index in [0.717, 1.165) is 31.6 Å². The fourth-order valence-electron chi connectivity index (χ4n) is 1.92. The SMILES string of the molecule is CN(C)CCCN(C)Cc1ccc(C(N)=O)cc1N. The second kappa shape index (κ2) is 7.11. The Bertz CT molecular complexity index is 431. The molecule has 0 bridgehead atoms. The predicted molar refractivity (Wildman–Crippen MR) is 78.9 cm³/mol.